The zero-order valence-electron chi connectivity index (χ0n) is 13.1. The van der Waals surface area contributed by atoms with E-state index < -0.39 is 0 Å². The van der Waals surface area contributed by atoms with Crippen LogP contribution in [-0.4, -0.2) is 0 Å². The molecular weight excluding hydrogens is 423 g/mol. The number of hydrogen-bond acceptors (Lipinski definition) is 0. The SMILES string of the molecule is Cc1cc(C)c([I+]c2c(C)cc(C)cc2C)c(C)c1.[Br-]. The number of hydrogen-bond donors (Lipinski definition) is 0. The Hall–Kier alpha value is -0.350. The minimum absolute atomic E-state index is 0. The normalized spacial score (nSPS) is 10.3. The third kappa shape index (κ3) is 3.85. The van der Waals surface area contributed by atoms with Crippen molar-refractivity contribution in [2.24, 2.45) is 0 Å². The van der Waals surface area contributed by atoms with Crippen molar-refractivity contribution < 1.29 is 38.2 Å². The summed E-state index contributed by atoms with van der Waals surface area (Å²) < 4.78 is 3.19. The summed E-state index contributed by atoms with van der Waals surface area (Å²) in [6.45, 7) is 13.4. The molecule has 0 nitrogen and oxygen atoms in total. The van der Waals surface area contributed by atoms with Crippen molar-refractivity contribution in [3.8, 4) is 0 Å². The van der Waals surface area contributed by atoms with Crippen LogP contribution in [0.3, 0.4) is 0 Å². The van der Waals surface area contributed by atoms with E-state index in [2.05, 4.69) is 65.8 Å². The molecule has 0 aliphatic carbocycles. The van der Waals surface area contributed by atoms with Gasteiger partial charge in [-0.2, -0.15) is 0 Å². The molecule has 0 fully saturated rings. The summed E-state index contributed by atoms with van der Waals surface area (Å²) in [6, 6.07) is 9.28. The molecule has 0 saturated carbocycles. The van der Waals surface area contributed by atoms with Crippen molar-refractivity contribution in [1.29, 1.82) is 0 Å². The molecule has 0 spiro atoms. The molecule has 0 aliphatic heterocycles. The minimum atomic E-state index is -0.0837. The lowest BCUT2D eigenvalue weighted by Crippen LogP contribution is -3.62. The topological polar surface area (TPSA) is 0 Å². The number of benzene rings is 2. The van der Waals surface area contributed by atoms with E-state index in [4.69, 9.17) is 0 Å². The molecule has 2 heteroatoms. The molecule has 0 radical (unpaired) electrons. The second-order valence-corrected chi connectivity index (χ2v) is 8.22. The maximum absolute atomic E-state index is 2.32. The summed E-state index contributed by atoms with van der Waals surface area (Å²) in [4.78, 5) is 0. The lowest BCUT2D eigenvalue weighted by atomic mass is 10.1. The molecule has 2 aromatic carbocycles. The monoisotopic (exact) mass is 444 g/mol. The van der Waals surface area contributed by atoms with Gasteiger partial charge in [0.05, 0.1) is 0 Å². The molecule has 108 valence electrons. The zero-order valence-corrected chi connectivity index (χ0v) is 16.8. The first kappa shape index (κ1) is 17.7. The molecule has 0 saturated heterocycles. The van der Waals surface area contributed by atoms with Crippen LogP contribution in [0.1, 0.15) is 33.4 Å². The van der Waals surface area contributed by atoms with Crippen LogP contribution in [0, 0.1) is 48.7 Å². The Kier molecular flexibility index (Phi) is 6.26. The van der Waals surface area contributed by atoms with Crippen LogP contribution in [0.5, 0.6) is 0 Å². The highest BCUT2D eigenvalue weighted by molar-refractivity contribution is 5.29. The van der Waals surface area contributed by atoms with Gasteiger partial charge in [0.25, 0.3) is 0 Å². The van der Waals surface area contributed by atoms with Gasteiger partial charge in [-0.05, 0) is 41.5 Å². The highest BCUT2D eigenvalue weighted by Crippen LogP contribution is 2.10. The van der Waals surface area contributed by atoms with Crippen LogP contribution in [-0.2, 0) is 0 Å². The van der Waals surface area contributed by atoms with E-state index in [-0.39, 0.29) is 38.2 Å². The van der Waals surface area contributed by atoms with E-state index in [9.17, 15) is 0 Å². The first-order chi connectivity index (χ1) is 8.88. The Bertz CT molecular complexity index is 528. The fraction of sp³-hybridized carbons (Fsp3) is 0.333. The molecule has 0 bridgehead atoms. The highest BCUT2D eigenvalue weighted by Gasteiger charge is 2.25. The van der Waals surface area contributed by atoms with Crippen LogP contribution < -0.4 is 38.2 Å². The van der Waals surface area contributed by atoms with Gasteiger partial charge in [0.2, 0.25) is 0 Å². The largest absolute Gasteiger partial charge is 1.00 e. The second kappa shape index (κ2) is 7.08. The maximum atomic E-state index is 2.32. The van der Waals surface area contributed by atoms with Crippen molar-refractivity contribution in [3.63, 3.8) is 0 Å². The first-order valence-electron chi connectivity index (χ1n) is 6.69. The van der Waals surface area contributed by atoms with Crippen molar-refractivity contribution in [3.05, 3.63) is 64.8 Å². The van der Waals surface area contributed by atoms with Gasteiger partial charge in [-0.15, -0.1) is 0 Å². The molecule has 2 rings (SSSR count). The van der Waals surface area contributed by atoms with Gasteiger partial charge in [-0.25, -0.2) is 0 Å². The van der Waals surface area contributed by atoms with Crippen LogP contribution in [0.2, 0.25) is 0 Å². The van der Waals surface area contributed by atoms with Gasteiger partial charge in [0, 0.05) is 22.3 Å². The van der Waals surface area contributed by atoms with E-state index >= 15 is 0 Å². The third-order valence-electron chi connectivity index (χ3n) is 3.35. The summed E-state index contributed by atoms with van der Waals surface area (Å²) in [5.41, 5.74) is 8.60. The Morgan fingerprint density at radius 3 is 1.05 bits per heavy atom. The number of halogens is 2. The Labute approximate surface area is 144 Å². The summed E-state index contributed by atoms with van der Waals surface area (Å²) in [6.07, 6.45) is 0. The quantitative estimate of drug-likeness (QED) is 0.503. The van der Waals surface area contributed by atoms with Gasteiger partial charge in [-0.1, -0.05) is 35.4 Å². The summed E-state index contributed by atoms with van der Waals surface area (Å²) in [7, 11) is 0. The van der Waals surface area contributed by atoms with Crippen molar-refractivity contribution in [2.75, 3.05) is 0 Å². The minimum Gasteiger partial charge on any atom is -1.00 e. The molecular formula is C18H22BrI. The summed E-state index contributed by atoms with van der Waals surface area (Å²) in [5, 5.41) is 0. The van der Waals surface area contributed by atoms with Gasteiger partial charge in [-0.3, -0.25) is 0 Å². The predicted octanol–water partition coefficient (Wildman–Crippen LogP) is -1.33. The van der Waals surface area contributed by atoms with E-state index in [0.717, 1.165) is 0 Å². The van der Waals surface area contributed by atoms with Crippen LogP contribution in [0.4, 0.5) is 0 Å². The molecule has 0 heterocycles. The molecule has 0 N–H and O–H groups in total. The molecule has 0 atom stereocenters. The predicted molar refractivity (Wildman–Crippen MR) is 78.7 cm³/mol. The molecule has 0 unspecified atom stereocenters. The average Bonchev–Trinajstić information content (AvgIpc) is 2.25. The standard InChI is InChI=1S/C18H22I.BrH/c1-11-7-13(3)17(14(4)8-11)19-18-15(5)9-12(2)10-16(18)6;/h7-10H,1-6H3;1H/q+1;/p-1. The smallest absolute Gasteiger partial charge is 0.359 e. The molecule has 2 aromatic rings. The third-order valence-corrected chi connectivity index (χ3v) is 7.83. The Morgan fingerprint density at radius 2 is 0.800 bits per heavy atom. The van der Waals surface area contributed by atoms with E-state index in [1.807, 2.05) is 0 Å². The lowest BCUT2D eigenvalue weighted by Gasteiger charge is -2.04. The van der Waals surface area contributed by atoms with Crippen molar-refractivity contribution in [1.82, 2.24) is 0 Å². The van der Waals surface area contributed by atoms with Crippen LogP contribution in [0.15, 0.2) is 24.3 Å². The molecule has 0 amide bonds. The Balaban J connectivity index is 0.00000200. The van der Waals surface area contributed by atoms with Crippen LogP contribution in [0.25, 0.3) is 0 Å². The van der Waals surface area contributed by atoms with Gasteiger partial charge >= 0.3 is 21.2 Å². The van der Waals surface area contributed by atoms with Gasteiger partial charge < -0.3 is 17.0 Å². The maximum Gasteiger partial charge on any atom is 0.359 e. The Morgan fingerprint density at radius 1 is 0.550 bits per heavy atom. The van der Waals surface area contributed by atoms with Crippen molar-refractivity contribution >= 4 is 0 Å². The fourth-order valence-corrected chi connectivity index (χ4v) is 5.58. The molecule has 20 heavy (non-hydrogen) atoms. The second-order valence-electron chi connectivity index (χ2n) is 5.52. The fourth-order valence-electron chi connectivity index (χ4n) is 2.72. The lowest BCUT2D eigenvalue weighted by molar-refractivity contribution is -0.600. The average molecular weight is 445 g/mol. The van der Waals surface area contributed by atoms with Gasteiger partial charge in [0.15, 0.2) is 7.14 Å². The number of aryl methyl sites for hydroxylation is 6. The van der Waals surface area contributed by atoms with E-state index in [1.165, 1.54) is 33.4 Å². The summed E-state index contributed by atoms with van der Waals surface area (Å²) in [5.74, 6) is 0. The van der Waals surface area contributed by atoms with Gasteiger partial charge in [0.1, 0.15) is 0 Å². The summed E-state index contributed by atoms with van der Waals surface area (Å²) >= 11 is -0.0837. The number of rotatable bonds is 2. The van der Waals surface area contributed by atoms with Crippen molar-refractivity contribution in [2.45, 2.75) is 41.5 Å². The van der Waals surface area contributed by atoms with E-state index in [0.29, 0.717) is 0 Å². The van der Waals surface area contributed by atoms with Crippen LogP contribution >= 0.6 is 0 Å². The van der Waals surface area contributed by atoms with E-state index in [1.54, 1.807) is 7.14 Å². The molecule has 0 aliphatic rings. The first-order valence-corrected chi connectivity index (χ1v) is 8.84. The molecule has 0 aromatic heterocycles. The zero-order chi connectivity index (χ0) is 14.2. The highest BCUT2D eigenvalue weighted by atomic mass is 127.